The van der Waals surface area contributed by atoms with Crippen molar-refractivity contribution in [3.05, 3.63) is 52.3 Å². The van der Waals surface area contributed by atoms with Gasteiger partial charge in [-0.05, 0) is 36.1 Å². The zero-order valence-electron chi connectivity index (χ0n) is 11.0. The Balaban J connectivity index is 1.69. The number of hydrogen-bond acceptors (Lipinski definition) is 3. The van der Waals surface area contributed by atoms with E-state index >= 15 is 0 Å². The van der Waals surface area contributed by atoms with E-state index in [1.807, 2.05) is 12.1 Å². The molecule has 1 aliphatic carbocycles. The Morgan fingerprint density at radius 1 is 1.33 bits per heavy atom. The summed E-state index contributed by atoms with van der Waals surface area (Å²) in [6.45, 7) is 0. The summed E-state index contributed by atoms with van der Waals surface area (Å²) in [5.74, 6) is 0.156. The zero-order valence-corrected chi connectivity index (χ0v) is 12.5. The Labute approximate surface area is 132 Å². The van der Waals surface area contributed by atoms with Crippen LogP contribution in [0.25, 0.3) is 0 Å². The predicted molar refractivity (Wildman–Crippen MR) is 84.6 cm³/mol. The number of aromatic nitrogens is 1. The van der Waals surface area contributed by atoms with Crippen LogP contribution in [0.2, 0.25) is 10.0 Å². The van der Waals surface area contributed by atoms with Gasteiger partial charge in [0.1, 0.15) is 0 Å². The molecule has 3 rings (SSSR count). The van der Waals surface area contributed by atoms with Gasteiger partial charge in [0.25, 0.3) is 0 Å². The lowest BCUT2D eigenvalue weighted by molar-refractivity contribution is -0.117. The second kappa shape index (κ2) is 5.54. The molecule has 1 heterocycles. The van der Waals surface area contributed by atoms with E-state index in [1.165, 1.54) is 0 Å². The van der Waals surface area contributed by atoms with E-state index in [0.29, 0.717) is 21.4 Å². The summed E-state index contributed by atoms with van der Waals surface area (Å²) in [4.78, 5) is 16.3. The van der Waals surface area contributed by atoms with Crippen LogP contribution in [0.15, 0.2) is 36.7 Å². The zero-order chi connectivity index (χ0) is 15.0. The quantitative estimate of drug-likeness (QED) is 0.847. The Morgan fingerprint density at radius 2 is 2.05 bits per heavy atom. The van der Waals surface area contributed by atoms with Crippen LogP contribution in [-0.4, -0.2) is 10.9 Å². The summed E-state index contributed by atoms with van der Waals surface area (Å²) in [5, 5.41) is 3.49. The largest absolute Gasteiger partial charge is 0.396 e. The van der Waals surface area contributed by atoms with Crippen molar-refractivity contribution < 1.29 is 4.79 Å². The monoisotopic (exact) mass is 321 g/mol. The van der Waals surface area contributed by atoms with Crippen LogP contribution in [0.4, 0.5) is 11.4 Å². The smallest absolute Gasteiger partial charge is 0.228 e. The maximum atomic E-state index is 12.2. The molecule has 1 aromatic carbocycles. The van der Waals surface area contributed by atoms with Gasteiger partial charge < -0.3 is 11.1 Å². The molecule has 1 saturated carbocycles. The number of nitrogens with two attached hydrogens (primary N) is 1. The minimum Gasteiger partial charge on any atom is -0.396 e. The summed E-state index contributed by atoms with van der Waals surface area (Å²) >= 11 is 11.9. The van der Waals surface area contributed by atoms with Gasteiger partial charge in [0.2, 0.25) is 5.91 Å². The number of halogens is 2. The minimum absolute atomic E-state index is 0.0377. The molecule has 21 heavy (non-hydrogen) atoms. The highest BCUT2D eigenvalue weighted by Crippen LogP contribution is 2.47. The van der Waals surface area contributed by atoms with E-state index in [-0.39, 0.29) is 17.7 Å². The molecule has 2 atom stereocenters. The van der Waals surface area contributed by atoms with Crippen molar-refractivity contribution in [1.29, 1.82) is 0 Å². The number of pyridine rings is 1. The summed E-state index contributed by atoms with van der Waals surface area (Å²) < 4.78 is 0. The van der Waals surface area contributed by atoms with Gasteiger partial charge >= 0.3 is 0 Å². The van der Waals surface area contributed by atoms with Crippen LogP contribution in [0.3, 0.4) is 0 Å². The van der Waals surface area contributed by atoms with Crippen LogP contribution in [0.1, 0.15) is 17.9 Å². The summed E-state index contributed by atoms with van der Waals surface area (Å²) in [6, 6.07) is 7.06. The average Bonchev–Trinajstić information content (AvgIpc) is 3.26. The Morgan fingerprint density at radius 3 is 2.67 bits per heavy atom. The number of nitrogen functional groups attached to an aromatic ring is 1. The third-order valence-electron chi connectivity index (χ3n) is 3.59. The number of hydrogen-bond donors (Lipinski definition) is 2. The Hall–Kier alpha value is -1.78. The third-order valence-corrected chi connectivity index (χ3v) is 4.21. The molecule has 0 aliphatic heterocycles. The van der Waals surface area contributed by atoms with E-state index in [1.54, 1.807) is 24.5 Å². The fourth-order valence-corrected chi connectivity index (χ4v) is 2.83. The van der Waals surface area contributed by atoms with Gasteiger partial charge in [0, 0.05) is 24.0 Å². The van der Waals surface area contributed by atoms with E-state index in [0.717, 1.165) is 12.0 Å². The van der Waals surface area contributed by atoms with Crippen LogP contribution >= 0.6 is 23.2 Å². The lowest BCUT2D eigenvalue weighted by Gasteiger charge is -2.08. The van der Waals surface area contributed by atoms with Crippen molar-refractivity contribution in [2.45, 2.75) is 12.3 Å². The number of benzene rings is 1. The second-order valence-electron chi connectivity index (χ2n) is 5.08. The molecule has 4 nitrogen and oxygen atoms in total. The number of nitrogens with one attached hydrogen (secondary N) is 1. The first-order valence-corrected chi connectivity index (χ1v) is 7.27. The van der Waals surface area contributed by atoms with Crippen LogP contribution < -0.4 is 11.1 Å². The van der Waals surface area contributed by atoms with Gasteiger partial charge in [-0.25, -0.2) is 0 Å². The highest BCUT2D eigenvalue weighted by molar-refractivity contribution is 6.39. The topological polar surface area (TPSA) is 68.0 Å². The van der Waals surface area contributed by atoms with Crippen molar-refractivity contribution in [2.24, 2.45) is 5.92 Å². The third kappa shape index (κ3) is 2.96. The molecule has 1 fully saturated rings. The lowest BCUT2D eigenvalue weighted by atomic mass is 10.1. The van der Waals surface area contributed by atoms with Crippen molar-refractivity contribution in [2.75, 3.05) is 11.1 Å². The maximum Gasteiger partial charge on any atom is 0.228 e. The Kier molecular flexibility index (Phi) is 3.74. The number of carbonyl (C=O) groups is 1. The standard InChI is InChI=1S/C15H13Cl2N3O/c16-12-4-9(5-13(17)14(12)18)20-15(21)11-6-10(11)8-2-1-3-19-7-8/h1-5,7,10-11H,6,18H2,(H,20,21)/t10-,11-/m0/s1. The van der Waals surface area contributed by atoms with E-state index in [2.05, 4.69) is 10.3 Å². The summed E-state index contributed by atoms with van der Waals surface area (Å²) in [6.07, 6.45) is 4.35. The van der Waals surface area contributed by atoms with Crippen molar-refractivity contribution in [1.82, 2.24) is 4.98 Å². The number of nitrogens with zero attached hydrogens (tertiary/aromatic N) is 1. The normalized spacial score (nSPS) is 20.1. The molecule has 1 aromatic heterocycles. The number of amides is 1. The Bertz CT molecular complexity index is 668. The first-order chi connectivity index (χ1) is 10.1. The molecule has 0 radical (unpaired) electrons. The number of rotatable bonds is 3. The molecule has 0 spiro atoms. The highest BCUT2D eigenvalue weighted by Gasteiger charge is 2.44. The lowest BCUT2D eigenvalue weighted by Crippen LogP contribution is -2.14. The molecule has 1 aliphatic rings. The fourth-order valence-electron chi connectivity index (χ4n) is 2.34. The second-order valence-corrected chi connectivity index (χ2v) is 5.89. The first-order valence-electron chi connectivity index (χ1n) is 6.51. The van der Waals surface area contributed by atoms with Crippen molar-refractivity contribution in [3.63, 3.8) is 0 Å². The van der Waals surface area contributed by atoms with Crippen LogP contribution in [0, 0.1) is 5.92 Å². The minimum atomic E-state index is -0.0410. The number of anilines is 2. The molecule has 0 bridgehead atoms. The van der Waals surface area contributed by atoms with Gasteiger partial charge in [-0.2, -0.15) is 0 Å². The SMILES string of the molecule is Nc1c(Cl)cc(NC(=O)[C@H]2C[C@H]2c2cccnc2)cc1Cl. The first kappa shape index (κ1) is 14.2. The molecule has 6 heteroatoms. The molecule has 2 aromatic rings. The fraction of sp³-hybridized carbons (Fsp3) is 0.200. The van der Waals surface area contributed by atoms with Crippen LogP contribution in [0.5, 0.6) is 0 Å². The summed E-state index contributed by atoms with van der Waals surface area (Å²) in [7, 11) is 0. The van der Waals surface area contributed by atoms with Crippen LogP contribution in [-0.2, 0) is 4.79 Å². The van der Waals surface area contributed by atoms with Gasteiger partial charge in [-0.15, -0.1) is 0 Å². The molecule has 1 amide bonds. The molecular weight excluding hydrogens is 309 g/mol. The highest BCUT2D eigenvalue weighted by atomic mass is 35.5. The van der Waals surface area contributed by atoms with Gasteiger partial charge in [0.05, 0.1) is 15.7 Å². The van der Waals surface area contributed by atoms with Crippen molar-refractivity contribution >= 4 is 40.5 Å². The molecule has 108 valence electrons. The molecule has 3 N–H and O–H groups in total. The summed E-state index contributed by atoms with van der Waals surface area (Å²) in [5.41, 5.74) is 7.63. The molecule has 0 saturated heterocycles. The maximum absolute atomic E-state index is 12.2. The molecular formula is C15H13Cl2N3O. The molecule has 0 unspecified atom stereocenters. The van der Waals surface area contributed by atoms with Gasteiger partial charge in [-0.1, -0.05) is 29.3 Å². The van der Waals surface area contributed by atoms with E-state index in [4.69, 9.17) is 28.9 Å². The van der Waals surface area contributed by atoms with E-state index in [9.17, 15) is 4.79 Å². The predicted octanol–water partition coefficient (Wildman–Crippen LogP) is 3.71. The van der Waals surface area contributed by atoms with Crippen molar-refractivity contribution in [3.8, 4) is 0 Å². The van der Waals surface area contributed by atoms with Gasteiger partial charge in [0.15, 0.2) is 0 Å². The average molecular weight is 322 g/mol. The van der Waals surface area contributed by atoms with Gasteiger partial charge in [-0.3, -0.25) is 9.78 Å². The number of carbonyl (C=O) groups excluding carboxylic acids is 1. The van der Waals surface area contributed by atoms with E-state index < -0.39 is 0 Å².